The fraction of sp³-hybridized carbons (Fsp3) is 0.923. The van der Waals surface area contributed by atoms with Gasteiger partial charge in [-0.1, -0.05) is 0 Å². The van der Waals surface area contributed by atoms with Crippen molar-refractivity contribution in [1.82, 2.24) is 10.2 Å². The highest BCUT2D eigenvalue weighted by Gasteiger charge is 2.22. The minimum atomic E-state index is -4.14. The quantitative estimate of drug-likeness (QED) is 0.108. The molecule has 0 heterocycles. The van der Waals surface area contributed by atoms with Crippen LogP contribution in [-0.2, 0) is 36.7 Å². The molecule has 0 aliphatic heterocycles. The van der Waals surface area contributed by atoms with Crippen molar-refractivity contribution in [2.24, 2.45) is 0 Å². The summed E-state index contributed by atoms with van der Waals surface area (Å²) >= 11 is 2.65. The number of nitrogens with zero attached hydrogens (tertiary/aromatic N) is 1. The third kappa shape index (κ3) is 20.2. The maximum atomic E-state index is 11.6. The van der Waals surface area contributed by atoms with E-state index in [2.05, 4.69) is 5.32 Å². The standard InChI is InChI=1S/C8H18NO4PS2.C5H13NO6S4/c1-7(8(10)9-2)15-5-6-16-14(11,12-3)13-4;1-6(2)5(3-13-15(7,8)9)4-14-16(10,11)12/h7H,5-6H2,1-4H3,(H,9,10);5H,3-4H2,1-2H3,(H,7,8,9)(H,10,11,12). The first-order valence-corrected chi connectivity index (χ1v) is 18.7. The van der Waals surface area contributed by atoms with E-state index < -0.39 is 31.1 Å². The first kappa shape index (κ1) is 35.0. The van der Waals surface area contributed by atoms with Crippen LogP contribution in [0.4, 0.5) is 0 Å². The maximum absolute atomic E-state index is 11.6. The molecule has 0 spiro atoms. The van der Waals surface area contributed by atoms with Gasteiger partial charge in [0.15, 0.2) is 0 Å². The summed E-state index contributed by atoms with van der Waals surface area (Å²) in [5.41, 5.74) is 0. The lowest BCUT2D eigenvalue weighted by Crippen LogP contribution is -2.33. The number of carbonyl (C=O) groups is 1. The Labute approximate surface area is 206 Å². The Morgan fingerprint density at radius 1 is 1.03 bits per heavy atom. The number of amides is 1. The summed E-state index contributed by atoms with van der Waals surface area (Å²) in [6.45, 7) is -1.14. The van der Waals surface area contributed by atoms with Gasteiger partial charge >= 0.3 is 25.1 Å². The van der Waals surface area contributed by atoms with E-state index in [0.29, 0.717) is 27.3 Å². The summed E-state index contributed by atoms with van der Waals surface area (Å²) in [5.74, 6) is 1.35. The summed E-state index contributed by atoms with van der Waals surface area (Å²) in [7, 11) is -0.0375. The molecule has 1 unspecified atom stereocenters. The van der Waals surface area contributed by atoms with Gasteiger partial charge in [0.05, 0.1) is 5.25 Å². The number of rotatable bonds is 15. The number of hydrogen-bond acceptors (Lipinski definition) is 13. The number of thioether (sulfide) groups is 1. The van der Waals surface area contributed by atoms with E-state index in [9.17, 15) is 26.2 Å². The monoisotopic (exact) mass is 598 g/mol. The van der Waals surface area contributed by atoms with Crippen LogP contribution in [0.25, 0.3) is 0 Å². The molecule has 1 atom stereocenters. The number of nitrogens with one attached hydrogen (secondary N) is 1. The fourth-order valence-corrected chi connectivity index (χ4v) is 8.99. The normalized spacial score (nSPS) is 13.6. The van der Waals surface area contributed by atoms with Gasteiger partial charge in [0, 0.05) is 50.3 Å². The second-order valence-corrected chi connectivity index (χ2v) is 18.5. The predicted octanol–water partition coefficient (Wildman–Crippen LogP) is 1.98. The molecule has 3 N–H and O–H groups in total. The van der Waals surface area contributed by atoms with Crippen LogP contribution in [0.15, 0.2) is 0 Å². The second-order valence-electron chi connectivity index (χ2n) is 5.81. The number of carbonyl (C=O) groups excluding carboxylic acids is 1. The van der Waals surface area contributed by atoms with E-state index >= 15 is 0 Å². The Kier molecular flexibility index (Phi) is 18.9. The smallest absolute Gasteiger partial charge is 0.358 e. The van der Waals surface area contributed by atoms with Crippen LogP contribution >= 0.6 is 51.5 Å². The summed E-state index contributed by atoms with van der Waals surface area (Å²) in [6.07, 6.45) is 0. The molecule has 0 aromatic heterocycles. The Bertz CT molecular complexity index is 751. The zero-order chi connectivity index (χ0) is 25.6. The largest absolute Gasteiger partial charge is 0.388 e. The second kappa shape index (κ2) is 17.3. The Hall–Kier alpha value is 0.800. The summed E-state index contributed by atoms with van der Waals surface area (Å²) in [5, 5.41) is 2.47. The zero-order valence-corrected chi connectivity index (χ0v) is 24.3. The minimum absolute atomic E-state index is 0.00309. The van der Waals surface area contributed by atoms with Crippen LogP contribution in [-0.4, -0.2) is 106 Å². The van der Waals surface area contributed by atoms with Crippen molar-refractivity contribution >= 4 is 75.7 Å². The molecule has 0 aromatic rings. The molecule has 0 rings (SSSR count). The molecule has 0 aliphatic carbocycles. The van der Waals surface area contributed by atoms with Crippen molar-refractivity contribution in [2.75, 3.05) is 58.4 Å². The number of hydrogen-bond donors (Lipinski definition) is 3. The molecule has 0 bridgehead atoms. The van der Waals surface area contributed by atoms with Crippen LogP contribution in [0.2, 0.25) is 0 Å². The Morgan fingerprint density at radius 3 is 1.78 bits per heavy atom. The van der Waals surface area contributed by atoms with E-state index in [4.69, 9.17) is 18.2 Å². The molecular formula is C13H31N2O10PS6. The van der Waals surface area contributed by atoms with Gasteiger partial charge in [-0.3, -0.25) is 13.9 Å². The van der Waals surface area contributed by atoms with Gasteiger partial charge in [-0.15, -0.1) is 11.8 Å². The lowest BCUT2D eigenvalue weighted by molar-refractivity contribution is -0.119. The molecule has 0 aliphatic rings. The highest BCUT2D eigenvalue weighted by atomic mass is 33.2. The molecule has 0 fully saturated rings. The summed E-state index contributed by atoms with van der Waals surface area (Å²) in [4.78, 5) is 12.8. The third-order valence-electron chi connectivity index (χ3n) is 3.31. The molecule has 19 heteroatoms. The molecule has 0 saturated heterocycles. The van der Waals surface area contributed by atoms with Gasteiger partial charge in [0.25, 0.3) is 0 Å². The van der Waals surface area contributed by atoms with E-state index in [0.717, 1.165) is 17.1 Å². The topological polar surface area (TPSA) is 177 Å². The van der Waals surface area contributed by atoms with Crippen molar-refractivity contribution in [3.63, 3.8) is 0 Å². The zero-order valence-electron chi connectivity index (χ0n) is 18.5. The minimum Gasteiger partial charge on any atom is -0.358 e. The summed E-state index contributed by atoms with van der Waals surface area (Å²) < 4.78 is 80.1. The fourth-order valence-electron chi connectivity index (χ4n) is 1.51. The SMILES string of the molecule is CN(C)C(CSS(=O)(=O)O)CSS(=O)(=O)O.CNC(=O)C(C)SCCSP(=O)(OC)OC. The van der Waals surface area contributed by atoms with Crippen LogP contribution in [0, 0.1) is 0 Å². The average molecular weight is 599 g/mol. The Balaban J connectivity index is 0. The van der Waals surface area contributed by atoms with Gasteiger partial charge in [-0.2, -0.15) is 16.8 Å². The average Bonchev–Trinajstić information content (AvgIpc) is 2.68. The van der Waals surface area contributed by atoms with Crippen LogP contribution in [0.1, 0.15) is 6.92 Å². The van der Waals surface area contributed by atoms with E-state index in [1.54, 1.807) is 26.0 Å². The van der Waals surface area contributed by atoms with Gasteiger partial charge in [0.2, 0.25) is 5.91 Å². The highest BCUT2D eigenvalue weighted by Crippen LogP contribution is 2.59. The lowest BCUT2D eigenvalue weighted by atomic mass is 10.4. The molecular weight excluding hydrogens is 568 g/mol. The van der Waals surface area contributed by atoms with E-state index in [1.165, 1.54) is 26.0 Å². The summed E-state index contributed by atoms with van der Waals surface area (Å²) in [6, 6.07) is -0.404. The molecule has 32 heavy (non-hydrogen) atoms. The first-order valence-electron chi connectivity index (χ1n) is 8.59. The van der Waals surface area contributed by atoms with Gasteiger partial charge < -0.3 is 19.3 Å². The molecule has 0 radical (unpaired) electrons. The van der Waals surface area contributed by atoms with Crippen molar-refractivity contribution in [2.45, 2.75) is 18.2 Å². The molecule has 1 amide bonds. The Morgan fingerprint density at radius 2 is 1.47 bits per heavy atom. The van der Waals surface area contributed by atoms with Gasteiger partial charge in [-0.05, 0) is 54.0 Å². The first-order chi connectivity index (χ1) is 14.5. The molecule has 0 saturated carbocycles. The van der Waals surface area contributed by atoms with Crippen LogP contribution in [0.5, 0.6) is 0 Å². The molecule has 12 nitrogen and oxygen atoms in total. The van der Waals surface area contributed by atoms with Crippen molar-refractivity contribution in [3.05, 3.63) is 0 Å². The lowest BCUT2D eigenvalue weighted by Gasteiger charge is -2.21. The van der Waals surface area contributed by atoms with E-state index in [1.807, 2.05) is 6.92 Å². The van der Waals surface area contributed by atoms with Crippen LogP contribution in [0.3, 0.4) is 0 Å². The maximum Gasteiger partial charge on any atom is 0.388 e. The van der Waals surface area contributed by atoms with Crippen molar-refractivity contribution in [1.29, 1.82) is 0 Å². The molecule has 0 aromatic carbocycles. The van der Waals surface area contributed by atoms with Gasteiger partial charge in [0.1, 0.15) is 0 Å². The van der Waals surface area contributed by atoms with Crippen molar-refractivity contribution < 1.29 is 44.3 Å². The predicted molar refractivity (Wildman–Crippen MR) is 136 cm³/mol. The highest BCUT2D eigenvalue weighted by molar-refractivity contribution is 8.70. The van der Waals surface area contributed by atoms with Crippen molar-refractivity contribution in [3.8, 4) is 0 Å². The van der Waals surface area contributed by atoms with Gasteiger partial charge in [-0.25, -0.2) is 4.57 Å². The van der Waals surface area contributed by atoms with Crippen LogP contribution < -0.4 is 5.32 Å². The third-order valence-corrected chi connectivity index (χ3v) is 13.0. The molecule has 194 valence electrons. The van der Waals surface area contributed by atoms with E-state index in [-0.39, 0.29) is 22.7 Å².